The Labute approximate surface area is 119 Å². The summed E-state index contributed by atoms with van der Waals surface area (Å²) in [6.45, 7) is 5.36. The lowest BCUT2D eigenvalue weighted by Gasteiger charge is -2.32. The van der Waals surface area contributed by atoms with E-state index in [9.17, 15) is 9.90 Å². The number of benzene rings is 1. The number of hydrogen-bond acceptors (Lipinski definition) is 3. The molecule has 1 saturated carbocycles. The molecule has 0 spiro atoms. The minimum Gasteiger partial charge on any atom is -0.481 e. The second-order valence-electron chi connectivity index (χ2n) is 5.97. The van der Waals surface area contributed by atoms with Gasteiger partial charge in [0, 0.05) is 24.2 Å². The van der Waals surface area contributed by atoms with Gasteiger partial charge >= 0.3 is 5.97 Å². The first kappa shape index (κ1) is 13.4. The van der Waals surface area contributed by atoms with Gasteiger partial charge in [-0.25, -0.2) is 0 Å². The normalized spacial score (nSPS) is 20.8. The third-order valence-corrected chi connectivity index (χ3v) is 4.42. The molecule has 3 rings (SSSR count). The summed E-state index contributed by atoms with van der Waals surface area (Å²) in [5, 5.41) is 9.17. The van der Waals surface area contributed by atoms with E-state index in [0.29, 0.717) is 0 Å². The zero-order chi connectivity index (χ0) is 14.2. The van der Waals surface area contributed by atoms with E-state index in [1.54, 1.807) is 0 Å². The Kier molecular flexibility index (Phi) is 3.42. The zero-order valence-electron chi connectivity index (χ0n) is 11.9. The first-order chi connectivity index (χ1) is 9.61. The summed E-state index contributed by atoms with van der Waals surface area (Å²) >= 11 is 0. The van der Waals surface area contributed by atoms with Crippen LogP contribution in [0.1, 0.15) is 30.4 Å². The van der Waals surface area contributed by atoms with Crippen LogP contribution in [0.5, 0.6) is 0 Å². The Bertz CT molecular complexity index is 516. The Hall–Kier alpha value is -1.55. The SMILES string of the molecule is Cc1ccc(C2(CC(=O)O)CC2)c(N2CCOCC2)c1. The van der Waals surface area contributed by atoms with E-state index >= 15 is 0 Å². The molecular weight excluding hydrogens is 254 g/mol. The molecule has 0 bridgehead atoms. The highest BCUT2D eigenvalue weighted by Crippen LogP contribution is 2.54. The number of carboxylic acid groups (broad SMARTS) is 1. The third kappa shape index (κ3) is 2.52. The molecule has 1 N–H and O–H groups in total. The number of carbonyl (C=O) groups is 1. The van der Waals surface area contributed by atoms with Crippen molar-refractivity contribution >= 4 is 11.7 Å². The van der Waals surface area contributed by atoms with Crippen molar-refractivity contribution in [3.8, 4) is 0 Å². The van der Waals surface area contributed by atoms with Gasteiger partial charge in [0.15, 0.2) is 0 Å². The van der Waals surface area contributed by atoms with Crippen molar-refractivity contribution in [1.29, 1.82) is 0 Å². The zero-order valence-corrected chi connectivity index (χ0v) is 11.9. The van der Waals surface area contributed by atoms with Crippen molar-refractivity contribution in [3.05, 3.63) is 29.3 Å². The minimum absolute atomic E-state index is 0.132. The number of anilines is 1. The van der Waals surface area contributed by atoms with Crippen LogP contribution in [0, 0.1) is 6.92 Å². The van der Waals surface area contributed by atoms with Crippen molar-refractivity contribution in [1.82, 2.24) is 0 Å². The molecule has 0 amide bonds. The van der Waals surface area contributed by atoms with Crippen LogP contribution >= 0.6 is 0 Å². The average Bonchev–Trinajstić information content (AvgIpc) is 3.19. The molecule has 108 valence electrons. The maximum Gasteiger partial charge on any atom is 0.304 e. The number of aryl methyl sites for hydroxylation is 1. The Morgan fingerprint density at radius 3 is 2.65 bits per heavy atom. The second kappa shape index (κ2) is 5.09. The summed E-state index contributed by atoms with van der Waals surface area (Å²) in [5.74, 6) is -0.698. The van der Waals surface area contributed by atoms with Gasteiger partial charge in [-0.2, -0.15) is 0 Å². The van der Waals surface area contributed by atoms with E-state index in [1.165, 1.54) is 16.8 Å². The number of morpholine rings is 1. The summed E-state index contributed by atoms with van der Waals surface area (Å²) in [5.41, 5.74) is 3.52. The molecule has 2 aliphatic rings. The lowest BCUT2D eigenvalue weighted by molar-refractivity contribution is -0.137. The van der Waals surface area contributed by atoms with E-state index in [0.717, 1.165) is 39.1 Å². The number of hydrogen-bond donors (Lipinski definition) is 1. The summed E-state index contributed by atoms with van der Waals surface area (Å²) < 4.78 is 5.42. The van der Waals surface area contributed by atoms with Gasteiger partial charge in [0.2, 0.25) is 0 Å². The molecule has 0 radical (unpaired) electrons. The molecule has 1 aromatic carbocycles. The van der Waals surface area contributed by atoms with Gasteiger partial charge < -0.3 is 14.7 Å². The molecule has 1 aliphatic carbocycles. The van der Waals surface area contributed by atoms with Crippen LogP contribution in [0.4, 0.5) is 5.69 Å². The third-order valence-electron chi connectivity index (χ3n) is 4.42. The van der Waals surface area contributed by atoms with Crippen molar-refractivity contribution < 1.29 is 14.6 Å². The molecule has 4 nitrogen and oxygen atoms in total. The lowest BCUT2D eigenvalue weighted by atomic mass is 9.89. The summed E-state index contributed by atoms with van der Waals surface area (Å²) in [6.07, 6.45) is 2.22. The van der Waals surface area contributed by atoms with E-state index in [2.05, 4.69) is 30.0 Å². The highest BCUT2D eigenvalue weighted by atomic mass is 16.5. The first-order valence-electron chi connectivity index (χ1n) is 7.26. The fourth-order valence-electron chi connectivity index (χ4n) is 3.14. The molecule has 1 heterocycles. The van der Waals surface area contributed by atoms with Gasteiger partial charge in [-0.05, 0) is 37.0 Å². The average molecular weight is 275 g/mol. The molecule has 0 atom stereocenters. The molecule has 20 heavy (non-hydrogen) atoms. The number of aliphatic carboxylic acids is 1. The number of carboxylic acids is 1. The standard InChI is InChI=1S/C16H21NO3/c1-12-2-3-13(16(4-5-16)11-15(18)19)14(10-12)17-6-8-20-9-7-17/h2-3,10H,4-9,11H2,1H3,(H,18,19). The molecule has 2 fully saturated rings. The van der Waals surface area contributed by atoms with Crippen LogP contribution < -0.4 is 4.90 Å². The van der Waals surface area contributed by atoms with Gasteiger partial charge in [-0.3, -0.25) is 4.79 Å². The van der Waals surface area contributed by atoms with Crippen molar-refractivity contribution in [2.45, 2.75) is 31.6 Å². The van der Waals surface area contributed by atoms with Crippen LogP contribution in [0.2, 0.25) is 0 Å². The predicted octanol–water partition coefficient (Wildman–Crippen LogP) is 2.34. The molecular formula is C16H21NO3. The molecule has 0 unspecified atom stereocenters. The van der Waals surface area contributed by atoms with E-state index in [1.807, 2.05) is 0 Å². The Morgan fingerprint density at radius 2 is 2.05 bits per heavy atom. The van der Waals surface area contributed by atoms with Crippen molar-refractivity contribution in [3.63, 3.8) is 0 Å². The van der Waals surface area contributed by atoms with Gasteiger partial charge in [0.25, 0.3) is 0 Å². The highest BCUT2D eigenvalue weighted by Gasteiger charge is 2.47. The molecule has 1 saturated heterocycles. The Balaban J connectivity index is 1.96. The summed E-state index contributed by atoms with van der Waals surface area (Å²) in [4.78, 5) is 13.5. The molecule has 4 heteroatoms. The first-order valence-corrected chi connectivity index (χ1v) is 7.26. The predicted molar refractivity (Wildman–Crippen MR) is 77.4 cm³/mol. The van der Waals surface area contributed by atoms with Crippen LogP contribution in [-0.4, -0.2) is 37.4 Å². The summed E-state index contributed by atoms with van der Waals surface area (Å²) in [7, 11) is 0. The maximum atomic E-state index is 11.1. The van der Waals surface area contributed by atoms with Gasteiger partial charge in [-0.15, -0.1) is 0 Å². The van der Waals surface area contributed by atoms with E-state index < -0.39 is 5.97 Å². The maximum absolute atomic E-state index is 11.1. The second-order valence-corrected chi connectivity index (χ2v) is 5.97. The molecule has 1 aromatic rings. The fourth-order valence-corrected chi connectivity index (χ4v) is 3.14. The van der Waals surface area contributed by atoms with Crippen LogP contribution in [-0.2, 0) is 14.9 Å². The van der Waals surface area contributed by atoms with Crippen LogP contribution in [0.15, 0.2) is 18.2 Å². The minimum atomic E-state index is -0.698. The lowest BCUT2D eigenvalue weighted by Crippen LogP contribution is -2.37. The summed E-state index contributed by atoms with van der Waals surface area (Å²) in [6, 6.07) is 6.43. The van der Waals surface area contributed by atoms with Crippen LogP contribution in [0.3, 0.4) is 0 Å². The van der Waals surface area contributed by atoms with Crippen LogP contribution in [0.25, 0.3) is 0 Å². The Morgan fingerprint density at radius 1 is 1.35 bits per heavy atom. The molecule has 1 aliphatic heterocycles. The number of rotatable bonds is 4. The molecule has 0 aromatic heterocycles. The van der Waals surface area contributed by atoms with E-state index in [-0.39, 0.29) is 11.8 Å². The van der Waals surface area contributed by atoms with Crippen molar-refractivity contribution in [2.24, 2.45) is 0 Å². The monoisotopic (exact) mass is 275 g/mol. The largest absolute Gasteiger partial charge is 0.481 e. The van der Waals surface area contributed by atoms with Gasteiger partial charge in [0.05, 0.1) is 19.6 Å². The smallest absolute Gasteiger partial charge is 0.304 e. The number of ether oxygens (including phenoxy) is 1. The quantitative estimate of drug-likeness (QED) is 0.916. The highest BCUT2D eigenvalue weighted by molar-refractivity contribution is 5.72. The fraction of sp³-hybridized carbons (Fsp3) is 0.562. The van der Waals surface area contributed by atoms with Crippen molar-refractivity contribution in [2.75, 3.05) is 31.2 Å². The van der Waals surface area contributed by atoms with Gasteiger partial charge in [0.1, 0.15) is 0 Å². The van der Waals surface area contributed by atoms with Gasteiger partial charge in [-0.1, -0.05) is 12.1 Å². The van der Waals surface area contributed by atoms with E-state index in [4.69, 9.17) is 4.74 Å². The number of nitrogens with zero attached hydrogens (tertiary/aromatic N) is 1. The topological polar surface area (TPSA) is 49.8 Å².